The molecule has 1 heterocycles. The van der Waals surface area contributed by atoms with Gasteiger partial charge in [-0.15, -0.1) is 10.2 Å². The van der Waals surface area contributed by atoms with Gasteiger partial charge in [0.2, 0.25) is 0 Å². The number of carbonyl (C=O) groups excluding carboxylic acids is 1. The number of anilines is 3. The van der Waals surface area contributed by atoms with Gasteiger partial charge in [0.1, 0.15) is 11.5 Å². The van der Waals surface area contributed by atoms with Crippen molar-refractivity contribution < 1.29 is 14.3 Å². The van der Waals surface area contributed by atoms with Crippen LogP contribution in [-0.2, 0) is 0 Å². The first-order chi connectivity index (χ1) is 14.0. The Morgan fingerprint density at radius 2 is 1.76 bits per heavy atom. The van der Waals surface area contributed by atoms with Gasteiger partial charge < -0.3 is 20.1 Å². The van der Waals surface area contributed by atoms with Gasteiger partial charge in [0.05, 0.1) is 18.4 Å². The highest BCUT2D eigenvalue weighted by atomic mass is 16.5. The Kier molecular flexibility index (Phi) is 6.63. The van der Waals surface area contributed by atoms with E-state index in [1.54, 1.807) is 18.2 Å². The molecule has 1 aromatic heterocycles. The number of para-hydroxylation sites is 2. The predicted molar refractivity (Wildman–Crippen MR) is 113 cm³/mol. The molecule has 0 unspecified atom stereocenters. The van der Waals surface area contributed by atoms with Crippen molar-refractivity contribution in [2.75, 3.05) is 17.2 Å². The van der Waals surface area contributed by atoms with Crippen LogP contribution in [0.25, 0.3) is 0 Å². The number of carbonyl (C=O) groups is 1. The van der Waals surface area contributed by atoms with E-state index in [9.17, 15) is 4.79 Å². The SMILES string of the molecule is CCOc1ccc(Nc2ccc(C(=O)Nc3ccccc3OC(C)C)nn2)cc1. The molecule has 0 bridgehead atoms. The zero-order valence-corrected chi connectivity index (χ0v) is 16.7. The van der Waals surface area contributed by atoms with E-state index in [0.29, 0.717) is 23.9 Å². The zero-order valence-electron chi connectivity index (χ0n) is 16.7. The summed E-state index contributed by atoms with van der Waals surface area (Å²) < 4.78 is 11.1. The van der Waals surface area contributed by atoms with Crippen molar-refractivity contribution in [2.24, 2.45) is 0 Å². The van der Waals surface area contributed by atoms with E-state index in [-0.39, 0.29) is 17.7 Å². The Morgan fingerprint density at radius 3 is 2.41 bits per heavy atom. The minimum absolute atomic E-state index is 0.000743. The third kappa shape index (κ3) is 5.68. The minimum Gasteiger partial charge on any atom is -0.494 e. The highest BCUT2D eigenvalue weighted by Crippen LogP contribution is 2.25. The number of nitrogens with zero attached hydrogens (tertiary/aromatic N) is 2. The fraction of sp³-hybridized carbons (Fsp3) is 0.227. The molecule has 150 valence electrons. The van der Waals surface area contributed by atoms with Crippen LogP contribution in [0.3, 0.4) is 0 Å². The largest absolute Gasteiger partial charge is 0.494 e. The molecule has 0 radical (unpaired) electrons. The minimum atomic E-state index is -0.357. The van der Waals surface area contributed by atoms with Gasteiger partial charge in [0, 0.05) is 5.69 Å². The Labute approximate surface area is 170 Å². The molecule has 29 heavy (non-hydrogen) atoms. The quantitative estimate of drug-likeness (QED) is 0.580. The first-order valence-electron chi connectivity index (χ1n) is 9.46. The van der Waals surface area contributed by atoms with Gasteiger partial charge in [0.15, 0.2) is 11.5 Å². The summed E-state index contributed by atoms with van der Waals surface area (Å²) >= 11 is 0. The predicted octanol–water partition coefficient (Wildman–Crippen LogP) is 4.66. The maximum atomic E-state index is 12.5. The summed E-state index contributed by atoms with van der Waals surface area (Å²) in [5.41, 5.74) is 1.64. The van der Waals surface area contributed by atoms with E-state index in [0.717, 1.165) is 11.4 Å². The smallest absolute Gasteiger partial charge is 0.276 e. The number of aromatic nitrogens is 2. The fourth-order valence-electron chi connectivity index (χ4n) is 2.58. The molecule has 0 spiro atoms. The Balaban J connectivity index is 1.65. The van der Waals surface area contributed by atoms with Gasteiger partial charge in [-0.25, -0.2) is 0 Å². The summed E-state index contributed by atoms with van der Waals surface area (Å²) in [6.45, 7) is 6.42. The highest BCUT2D eigenvalue weighted by Gasteiger charge is 2.12. The number of rotatable bonds is 8. The zero-order chi connectivity index (χ0) is 20.6. The fourth-order valence-corrected chi connectivity index (χ4v) is 2.58. The van der Waals surface area contributed by atoms with E-state index in [4.69, 9.17) is 9.47 Å². The molecule has 3 rings (SSSR count). The lowest BCUT2D eigenvalue weighted by molar-refractivity contribution is 0.102. The topological polar surface area (TPSA) is 85.4 Å². The Hall–Kier alpha value is -3.61. The van der Waals surface area contributed by atoms with Gasteiger partial charge in [-0.3, -0.25) is 4.79 Å². The lowest BCUT2D eigenvalue weighted by Gasteiger charge is -2.14. The average Bonchev–Trinajstić information content (AvgIpc) is 2.71. The summed E-state index contributed by atoms with van der Waals surface area (Å²) in [5, 5.41) is 14.1. The second-order valence-electron chi connectivity index (χ2n) is 6.50. The Morgan fingerprint density at radius 1 is 1.00 bits per heavy atom. The third-order valence-electron chi connectivity index (χ3n) is 3.83. The molecule has 0 aliphatic heterocycles. The highest BCUT2D eigenvalue weighted by molar-refractivity contribution is 6.03. The van der Waals surface area contributed by atoms with Crippen LogP contribution in [0, 0.1) is 0 Å². The maximum Gasteiger partial charge on any atom is 0.276 e. The van der Waals surface area contributed by atoms with Gasteiger partial charge in [-0.1, -0.05) is 12.1 Å². The lowest BCUT2D eigenvalue weighted by Crippen LogP contribution is -2.16. The summed E-state index contributed by atoms with van der Waals surface area (Å²) in [7, 11) is 0. The van der Waals surface area contributed by atoms with Crippen molar-refractivity contribution in [3.05, 3.63) is 66.4 Å². The molecule has 0 aliphatic carbocycles. The first kappa shape index (κ1) is 20.1. The van der Waals surface area contributed by atoms with E-state index >= 15 is 0 Å². The summed E-state index contributed by atoms with van der Waals surface area (Å²) in [4.78, 5) is 12.5. The standard InChI is InChI=1S/C22H24N4O3/c1-4-28-17-11-9-16(10-12-17)23-21-14-13-19(25-26-21)22(27)24-18-7-5-6-8-20(18)29-15(2)3/h5-15H,4H2,1-3H3,(H,23,26)(H,24,27). The molecule has 0 saturated carbocycles. The van der Waals surface area contributed by atoms with E-state index in [2.05, 4.69) is 20.8 Å². The molecule has 7 nitrogen and oxygen atoms in total. The summed E-state index contributed by atoms with van der Waals surface area (Å²) in [5.74, 6) is 1.59. The molecule has 0 atom stereocenters. The van der Waals surface area contributed by atoms with Crippen molar-refractivity contribution in [2.45, 2.75) is 26.9 Å². The van der Waals surface area contributed by atoms with Crippen LogP contribution in [-0.4, -0.2) is 28.8 Å². The molecular weight excluding hydrogens is 368 g/mol. The van der Waals surface area contributed by atoms with Crippen LogP contribution in [0.4, 0.5) is 17.2 Å². The van der Waals surface area contributed by atoms with Crippen LogP contribution in [0.1, 0.15) is 31.3 Å². The van der Waals surface area contributed by atoms with E-state index in [1.807, 2.05) is 63.2 Å². The van der Waals surface area contributed by atoms with E-state index < -0.39 is 0 Å². The van der Waals surface area contributed by atoms with Crippen molar-refractivity contribution >= 4 is 23.1 Å². The Bertz CT molecular complexity index is 941. The van der Waals surface area contributed by atoms with Crippen molar-refractivity contribution in [1.82, 2.24) is 10.2 Å². The molecule has 0 saturated heterocycles. The number of nitrogens with one attached hydrogen (secondary N) is 2. The number of amides is 1. The van der Waals surface area contributed by atoms with Crippen LogP contribution in [0.15, 0.2) is 60.7 Å². The van der Waals surface area contributed by atoms with E-state index in [1.165, 1.54) is 0 Å². The van der Waals surface area contributed by atoms with Crippen LogP contribution in [0.5, 0.6) is 11.5 Å². The van der Waals surface area contributed by atoms with Crippen LogP contribution < -0.4 is 20.1 Å². The van der Waals surface area contributed by atoms with Gasteiger partial charge in [0.25, 0.3) is 5.91 Å². The van der Waals surface area contributed by atoms with Crippen molar-refractivity contribution in [1.29, 1.82) is 0 Å². The third-order valence-corrected chi connectivity index (χ3v) is 3.83. The van der Waals surface area contributed by atoms with Crippen LogP contribution in [0.2, 0.25) is 0 Å². The molecule has 3 aromatic rings. The number of ether oxygens (including phenoxy) is 2. The molecule has 2 aromatic carbocycles. The first-order valence-corrected chi connectivity index (χ1v) is 9.46. The van der Waals surface area contributed by atoms with Gasteiger partial charge >= 0.3 is 0 Å². The average molecular weight is 392 g/mol. The molecule has 2 N–H and O–H groups in total. The summed E-state index contributed by atoms with van der Waals surface area (Å²) in [6.07, 6.45) is 0.000743. The van der Waals surface area contributed by atoms with Crippen molar-refractivity contribution in [3.63, 3.8) is 0 Å². The lowest BCUT2D eigenvalue weighted by atomic mass is 10.2. The number of hydrogen-bond donors (Lipinski definition) is 2. The second kappa shape index (κ2) is 9.54. The maximum absolute atomic E-state index is 12.5. The number of benzene rings is 2. The van der Waals surface area contributed by atoms with Crippen LogP contribution >= 0.6 is 0 Å². The normalized spacial score (nSPS) is 10.5. The molecule has 0 fully saturated rings. The molecule has 1 amide bonds. The molecule has 0 aliphatic rings. The van der Waals surface area contributed by atoms with Gasteiger partial charge in [-0.2, -0.15) is 0 Å². The van der Waals surface area contributed by atoms with Gasteiger partial charge in [-0.05, 0) is 69.3 Å². The second-order valence-corrected chi connectivity index (χ2v) is 6.50. The number of hydrogen-bond acceptors (Lipinski definition) is 6. The molecular formula is C22H24N4O3. The monoisotopic (exact) mass is 392 g/mol. The summed E-state index contributed by atoms with van der Waals surface area (Å²) in [6, 6.07) is 18.1. The molecule has 7 heteroatoms. The van der Waals surface area contributed by atoms with Crippen molar-refractivity contribution in [3.8, 4) is 11.5 Å².